The van der Waals surface area contributed by atoms with E-state index in [0.717, 1.165) is 0 Å². The fraction of sp³-hybridized carbons (Fsp3) is 0.318. The Labute approximate surface area is 165 Å². The van der Waals surface area contributed by atoms with Gasteiger partial charge in [0.2, 0.25) is 5.91 Å². The van der Waals surface area contributed by atoms with Crippen LogP contribution in [-0.2, 0) is 9.59 Å². The molecule has 0 heterocycles. The van der Waals surface area contributed by atoms with Crippen LogP contribution in [0.4, 0.5) is 0 Å². The first-order valence-corrected chi connectivity index (χ1v) is 9.30. The summed E-state index contributed by atoms with van der Waals surface area (Å²) in [5.74, 6) is -0.0583. The zero-order valence-corrected chi connectivity index (χ0v) is 16.5. The van der Waals surface area contributed by atoms with E-state index in [2.05, 4.69) is 5.32 Å². The second kappa shape index (κ2) is 10.3. The highest BCUT2D eigenvalue weighted by atomic mass is 16.5. The minimum absolute atomic E-state index is 0.00138. The van der Waals surface area contributed by atoms with Gasteiger partial charge in [-0.1, -0.05) is 30.3 Å². The molecule has 0 saturated heterocycles. The molecule has 148 valence electrons. The molecule has 0 bridgehead atoms. The van der Waals surface area contributed by atoms with Gasteiger partial charge < -0.3 is 15.0 Å². The predicted octanol–water partition coefficient (Wildman–Crippen LogP) is 2.67. The van der Waals surface area contributed by atoms with Crippen LogP contribution in [0.1, 0.15) is 36.7 Å². The molecule has 0 saturated carbocycles. The van der Waals surface area contributed by atoms with E-state index in [1.807, 2.05) is 39.0 Å². The number of ether oxygens (including phenoxy) is 1. The lowest BCUT2D eigenvalue weighted by molar-refractivity contribution is -0.137. The molecule has 0 spiro atoms. The normalized spacial score (nSPS) is 10.4. The second-order valence-corrected chi connectivity index (χ2v) is 6.64. The van der Waals surface area contributed by atoms with Crippen LogP contribution >= 0.6 is 0 Å². The molecule has 0 radical (unpaired) electrons. The molecular weight excluding hydrogens is 356 g/mol. The number of nitrogens with zero attached hydrogens (tertiary/aromatic N) is 1. The lowest BCUT2D eigenvalue weighted by atomic mass is 10.0. The third-order valence-corrected chi connectivity index (χ3v) is 4.03. The Morgan fingerprint density at radius 2 is 1.57 bits per heavy atom. The van der Waals surface area contributed by atoms with E-state index in [4.69, 9.17) is 4.74 Å². The summed E-state index contributed by atoms with van der Waals surface area (Å²) >= 11 is 0. The molecule has 2 rings (SSSR count). The quantitative estimate of drug-likeness (QED) is 0.677. The molecule has 0 atom stereocenters. The van der Waals surface area contributed by atoms with Gasteiger partial charge in [0, 0.05) is 23.7 Å². The summed E-state index contributed by atoms with van der Waals surface area (Å²) in [5.41, 5.74) is 1.16. The summed E-state index contributed by atoms with van der Waals surface area (Å²) in [7, 11) is 0. The molecular formula is C22H26N2O4. The summed E-state index contributed by atoms with van der Waals surface area (Å²) in [6.07, 6.45) is 0. The topological polar surface area (TPSA) is 75.7 Å². The van der Waals surface area contributed by atoms with Crippen molar-refractivity contribution in [2.24, 2.45) is 0 Å². The molecule has 0 unspecified atom stereocenters. The van der Waals surface area contributed by atoms with Crippen LogP contribution in [0.3, 0.4) is 0 Å². The first kappa shape index (κ1) is 21.2. The number of hydrogen-bond acceptors (Lipinski definition) is 4. The van der Waals surface area contributed by atoms with E-state index < -0.39 is 0 Å². The first-order chi connectivity index (χ1) is 13.4. The molecule has 0 aliphatic rings. The first-order valence-electron chi connectivity index (χ1n) is 9.30. The van der Waals surface area contributed by atoms with Gasteiger partial charge in [0.1, 0.15) is 5.75 Å². The van der Waals surface area contributed by atoms with Crippen molar-refractivity contribution >= 4 is 17.6 Å². The monoisotopic (exact) mass is 382 g/mol. The highest BCUT2D eigenvalue weighted by Gasteiger charge is 2.17. The Bertz CT molecular complexity index is 801. The molecule has 6 heteroatoms. The van der Waals surface area contributed by atoms with Crippen molar-refractivity contribution in [3.8, 4) is 5.75 Å². The third kappa shape index (κ3) is 6.23. The SMILES string of the molecule is CCN(CC(=O)NC(C)C)C(=O)COc1ccc(C(=O)c2ccccc2)cc1. The third-order valence-electron chi connectivity index (χ3n) is 4.03. The van der Waals surface area contributed by atoms with Gasteiger partial charge in [-0.3, -0.25) is 14.4 Å². The van der Waals surface area contributed by atoms with Crippen molar-refractivity contribution in [2.45, 2.75) is 26.8 Å². The maximum atomic E-state index is 12.4. The smallest absolute Gasteiger partial charge is 0.260 e. The summed E-state index contributed by atoms with van der Waals surface area (Å²) in [6, 6.07) is 15.7. The maximum absolute atomic E-state index is 12.4. The van der Waals surface area contributed by atoms with E-state index in [1.165, 1.54) is 4.90 Å². The number of carbonyl (C=O) groups excluding carboxylic acids is 3. The average molecular weight is 382 g/mol. The van der Waals surface area contributed by atoms with Gasteiger partial charge in [-0.25, -0.2) is 0 Å². The Kier molecular flexibility index (Phi) is 7.75. The molecule has 6 nitrogen and oxygen atoms in total. The van der Waals surface area contributed by atoms with Crippen molar-refractivity contribution in [1.82, 2.24) is 10.2 Å². The van der Waals surface area contributed by atoms with Crippen molar-refractivity contribution < 1.29 is 19.1 Å². The van der Waals surface area contributed by atoms with Crippen molar-refractivity contribution in [1.29, 1.82) is 0 Å². The highest BCUT2D eigenvalue weighted by Crippen LogP contribution is 2.15. The van der Waals surface area contributed by atoms with Crippen LogP contribution in [0.5, 0.6) is 5.75 Å². The Morgan fingerprint density at radius 1 is 0.964 bits per heavy atom. The minimum atomic E-state index is -0.272. The van der Waals surface area contributed by atoms with Crippen molar-refractivity contribution in [3.05, 3.63) is 65.7 Å². The number of amides is 2. The van der Waals surface area contributed by atoms with E-state index in [9.17, 15) is 14.4 Å². The standard InChI is InChI=1S/C22H26N2O4/c1-4-24(14-20(25)23-16(2)3)21(26)15-28-19-12-10-18(11-13-19)22(27)17-8-6-5-7-9-17/h5-13,16H,4,14-15H2,1-3H3,(H,23,25). The average Bonchev–Trinajstić information content (AvgIpc) is 2.70. The summed E-state index contributed by atoms with van der Waals surface area (Å²) in [5, 5.41) is 2.76. The largest absolute Gasteiger partial charge is 0.484 e. The maximum Gasteiger partial charge on any atom is 0.260 e. The van der Waals surface area contributed by atoms with E-state index in [-0.39, 0.29) is 36.8 Å². The van der Waals surface area contributed by atoms with Gasteiger partial charge in [0.25, 0.3) is 5.91 Å². The minimum Gasteiger partial charge on any atom is -0.484 e. The number of benzene rings is 2. The van der Waals surface area contributed by atoms with Crippen molar-refractivity contribution in [2.75, 3.05) is 19.7 Å². The number of rotatable bonds is 9. The van der Waals surface area contributed by atoms with E-state index in [0.29, 0.717) is 23.4 Å². The van der Waals surface area contributed by atoms with Crippen LogP contribution in [0.15, 0.2) is 54.6 Å². The molecule has 2 aromatic carbocycles. The molecule has 2 aromatic rings. The summed E-state index contributed by atoms with van der Waals surface area (Å²) < 4.78 is 5.52. The number of hydrogen-bond donors (Lipinski definition) is 1. The van der Waals surface area contributed by atoms with Gasteiger partial charge in [0.05, 0.1) is 6.54 Å². The van der Waals surface area contributed by atoms with Gasteiger partial charge >= 0.3 is 0 Å². The second-order valence-electron chi connectivity index (χ2n) is 6.64. The lowest BCUT2D eigenvalue weighted by Gasteiger charge is -2.21. The van der Waals surface area contributed by atoms with Gasteiger partial charge in [0.15, 0.2) is 12.4 Å². The Morgan fingerprint density at radius 3 is 2.14 bits per heavy atom. The zero-order chi connectivity index (χ0) is 20.5. The van der Waals surface area contributed by atoms with Gasteiger partial charge in [-0.2, -0.15) is 0 Å². The molecule has 0 aromatic heterocycles. The molecule has 0 fully saturated rings. The Hall–Kier alpha value is -3.15. The van der Waals surface area contributed by atoms with Crippen LogP contribution in [0.25, 0.3) is 0 Å². The summed E-state index contributed by atoms with van der Waals surface area (Å²) in [4.78, 5) is 38.0. The number of likely N-dealkylation sites (N-methyl/N-ethyl adjacent to an activating group) is 1. The number of nitrogens with one attached hydrogen (secondary N) is 1. The molecule has 28 heavy (non-hydrogen) atoms. The molecule has 1 N–H and O–H groups in total. The van der Waals surface area contributed by atoms with Crippen LogP contribution in [-0.4, -0.2) is 48.2 Å². The molecule has 0 aliphatic heterocycles. The Balaban J connectivity index is 1.90. The number of ketones is 1. The highest BCUT2D eigenvalue weighted by molar-refractivity contribution is 6.09. The summed E-state index contributed by atoms with van der Waals surface area (Å²) in [6.45, 7) is 5.79. The number of carbonyl (C=O) groups is 3. The van der Waals surface area contributed by atoms with Crippen LogP contribution in [0.2, 0.25) is 0 Å². The van der Waals surface area contributed by atoms with Crippen LogP contribution < -0.4 is 10.1 Å². The van der Waals surface area contributed by atoms with E-state index in [1.54, 1.807) is 36.4 Å². The fourth-order valence-electron chi connectivity index (χ4n) is 2.61. The van der Waals surface area contributed by atoms with Crippen LogP contribution in [0, 0.1) is 0 Å². The fourth-order valence-corrected chi connectivity index (χ4v) is 2.61. The van der Waals surface area contributed by atoms with Gasteiger partial charge in [-0.05, 0) is 45.0 Å². The predicted molar refractivity (Wildman–Crippen MR) is 107 cm³/mol. The molecule has 2 amide bonds. The lowest BCUT2D eigenvalue weighted by Crippen LogP contribution is -2.44. The zero-order valence-electron chi connectivity index (χ0n) is 16.5. The van der Waals surface area contributed by atoms with Crippen molar-refractivity contribution in [3.63, 3.8) is 0 Å². The van der Waals surface area contributed by atoms with E-state index >= 15 is 0 Å². The molecule has 0 aliphatic carbocycles. The van der Waals surface area contributed by atoms with Gasteiger partial charge in [-0.15, -0.1) is 0 Å².